The summed E-state index contributed by atoms with van der Waals surface area (Å²) < 4.78 is 10.6. The minimum absolute atomic E-state index is 0.0224. The Hall–Kier alpha value is -1.75. The van der Waals surface area contributed by atoms with Crippen molar-refractivity contribution in [2.24, 2.45) is 5.92 Å². The summed E-state index contributed by atoms with van der Waals surface area (Å²) >= 11 is 0. The van der Waals surface area contributed by atoms with Crippen LogP contribution < -0.4 is 20.1 Å². The molecule has 1 saturated heterocycles. The minimum atomic E-state index is 0.0224. The summed E-state index contributed by atoms with van der Waals surface area (Å²) in [7, 11) is 3.20. The van der Waals surface area contributed by atoms with E-state index in [4.69, 9.17) is 9.47 Å². The maximum atomic E-state index is 12.1. The average Bonchev–Trinajstić information content (AvgIpc) is 2.94. The molecule has 5 heteroatoms. The Morgan fingerprint density at radius 3 is 2.63 bits per heavy atom. The normalized spacial score (nSPS) is 18.2. The summed E-state index contributed by atoms with van der Waals surface area (Å²) in [6, 6.07) is 3.66. The minimum Gasteiger partial charge on any atom is -0.496 e. The van der Waals surface area contributed by atoms with Crippen LogP contribution in [0.1, 0.15) is 12.0 Å². The molecule has 1 fully saturated rings. The first-order chi connectivity index (χ1) is 9.15. The topological polar surface area (TPSA) is 59.6 Å². The number of carbonyl (C=O) groups excluding carboxylic acids is 1. The van der Waals surface area contributed by atoms with Gasteiger partial charge in [-0.3, -0.25) is 4.79 Å². The van der Waals surface area contributed by atoms with Crippen molar-refractivity contribution in [1.82, 2.24) is 5.32 Å². The summed E-state index contributed by atoms with van der Waals surface area (Å²) in [6.45, 7) is 3.57. The summed E-state index contributed by atoms with van der Waals surface area (Å²) in [5, 5.41) is 6.10. The van der Waals surface area contributed by atoms with Gasteiger partial charge in [0.05, 0.1) is 25.8 Å². The molecule has 0 bridgehead atoms. The van der Waals surface area contributed by atoms with E-state index in [-0.39, 0.29) is 11.8 Å². The number of hydrogen-bond acceptors (Lipinski definition) is 4. The average molecular weight is 264 g/mol. The summed E-state index contributed by atoms with van der Waals surface area (Å²) in [5.74, 6) is 1.43. The van der Waals surface area contributed by atoms with Crippen molar-refractivity contribution < 1.29 is 14.3 Å². The first-order valence-corrected chi connectivity index (χ1v) is 6.40. The fraction of sp³-hybridized carbons (Fsp3) is 0.500. The fourth-order valence-corrected chi connectivity index (χ4v) is 2.26. The molecule has 0 radical (unpaired) electrons. The number of rotatable bonds is 4. The van der Waals surface area contributed by atoms with Crippen LogP contribution in [-0.4, -0.2) is 33.2 Å². The van der Waals surface area contributed by atoms with E-state index in [0.717, 1.165) is 30.8 Å². The second-order valence-corrected chi connectivity index (χ2v) is 4.70. The van der Waals surface area contributed by atoms with E-state index in [2.05, 4.69) is 10.6 Å². The van der Waals surface area contributed by atoms with Gasteiger partial charge >= 0.3 is 0 Å². The number of ether oxygens (including phenoxy) is 2. The summed E-state index contributed by atoms with van der Waals surface area (Å²) in [4.78, 5) is 12.1. The van der Waals surface area contributed by atoms with Gasteiger partial charge in [-0.1, -0.05) is 0 Å². The third kappa shape index (κ3) is 2.98. The van der Waals surface area contributed by atoms with E-state index in [1.165, 1.54) is 0 Å². The van der Waals surface area contributed by atoms with Gasteiger partial charge in [-0.25, -0.2) is 0 Å². The molecule has 1 aliphatic rings. The van der Waals surface area contributed by atoms with Crippen LogP contribution in [0.3, 0.4) is 0 Å². The van der Waals surface area contributed by atoms with Crippen LogP contribution in [0.5, 0.6) is 11.5 Å². The quantitative estimate of drug-likeness (QED) is 0.866. The number of amides is 1. The van der Waals surface area contributed by atoms with Gasteiger partial charge in [0.15, 0.2) is 0 Å². The van der Waals surface area contributed by atoms with Crippen LogP contribution in [0.4, 0.5) is 5.69 Å². The standard InChI is InChI=1S/C14H20N2O3/c1-9-6-13(19-3)11(7-12(9)18-2)16-14(17)10-4-5-15-8-10/h6-7,10,15H,4-5,8H2,1-3H3,(H,16,17). The predicted octanol–water partition coefficient (Wildman–Crippen LogP) is 1.56. The Morgan fingerprint density at radius 1 is 1.32 bits per heavy atom. The monoisotopic (exact) mass is 264 g/mol. The zero-order chi connectivity index (χ0) is 13.8. The Labute approximate surface area is 113 Å². The van der Waals surface area contributed by atoms with E-state index < -0.39 is 0 Å². The second-order valence-electron chi connectivity index (χ2n) is 4.70. The number of nitrogens with one attached hydrogen (secondary N) is 2. The molecule has 1 atom stereocenters. The number of anilines is 1. The van der Waals surface area contributed by atoms with Crippen LogP contribution in [0, 0.1) is 12.8 Å². The number of benzene rings is 1. The molecule has 5 nitrogen and oxygen atoms in total. The van der Waals surface area contributed by atoms with Gasteiger partial charge in [-0.15, -0.1) is 0 Å². The third-order valence-corrected chi connectivity index (χ3v) is 3.41. The lowest BCUT2D eigenvalue weighted by molar-refractivity contribution is -0.119. The van der Waals surface area contributed by atoms with Gasteiger partial charge in [-0.2, -0.15) is 0 Å². The van der Waals surface area contributed by atoms with Crippen molar-refractivity contribution in [2.45, 2.75) is 13.3 Å². The van der Waals surface area contributed by atoms with Gasteiger partial charge in [0.2, 0.25) is 5.91 Å². The highest BCUT2D eigenvalue weighted by molar-refractivity contribution is 5.94. The molecular formula is C14H20N2O3. The van der Waals surface area contributed by atoms with Crippen molar-refractivity contribution >= 4 is 11.6 Å². The van der Waals surface area contributed by atoms with Crippen LogP contribution in [0.15, 0.2) is 12.1 Å². The lowest BCUT2D eigenvalue weighted by atomic mass is 10.1. The van der Waals surface area contributed by atoms with E-state index >= 15 is 0 Å². The fourth-order valence-electron chi connectivity index (χ4n) is 2.26. The number of hydrogen-bond donors (Lipinski definition) is 2. The number of methoxy groups -OCH3 is 2. The molecule has 104 valence electrons. The molecule has 0 aliphatic carbocycles. The Bertz CT molecular complexity index is 468. The largest absolute Gasteiger partial charge is 0.496 e. The lowest BCUT2D eigenvalue weighted by Gasteiger charge is -2.15. The highest BCUT2D eigenvalue weighted by Crippen LogP contribution is 2.32. The third-order valence-electron chi connectivity index (χ3n) is 3.41. The van der Waals surface area contributed by atoms with Gasteiger partial charge < -0.3 is 20.1 Å². The zero-order valence-corrected chi connectivity index (χ0v) is 11.6. The lowest BCUT2D eigenvalue weighted by Crippen LogP contribution is -2.24. The molecule has 1 aliphatic heterocycles. The molecule has 1 aromatic carbocycles. The molecule has 0 spiro atoms. The van der Waals surface area contributed by atoms with Gasteiger partial charge in [0, 0.05) is 12.6 Å². The van der Waals surface area contributed by atoms with Crippen molar-refractivity contribution in [1.29, 1.82) is 0 Å². The van der Waals surface area contributed by atoms with Gasteiger partial charge in [0.25, 0.3) is 0 Å². The molecule has 0 saturated carbocycles. The second kappa shape index (κ2) is 5.93. The van der Waals surface area contributed by atoms with Crippen molar-refractivity contribution in [2.75, 3.05) is 32.6 Å². The Morgan fingerprint density at radius 2 is 2.05 bits per heavy atom. The highest BCUT2D eigenvalue weighted by atomic mass is 16.5. The molecule has 1 heterocycles. The van der Waals surface area contributed by atoms with Gasteiger partial charge in [0.1, 0.15) is 11.5 Å². The molecule has 2 N–H and O–H groups in total. The highest BCUT2D eigenvalue weighted by Gasteiger charge is 2.23. The maximum absolute atomic E-state index is 12.1. The van der Waals surface area contributed by atoms with Crippen molar-refractivity contribution in [3.8, 4) is 11.5 Å². The molecular weight excluding hydrogens is 244 g/mol. The SMILES string of the molecule is COc1cc(NC(=O)C2CCNC2)c(OC)cc1C. The summed E-state index contributed by atoms with van der Waals surface area (Å²) in [6.07, 6.45) is 0.872. The van der Waals surface area contributed by atoms with E-state index in [1.54, 1.807) is 20.3 Å². The molecule has 1 unspecified atom stereocenters. The molecule has 1 amide bonds. The van der Waals surface area contributed by atoms with Crippen LogP contribution in [0.25, 0.3) is 0 Å². The first-order valence-electron chi connectivity index (χ1n) is 6.40. The number of aryl methyl sites for hydroxylation is 1. The van der Waals surface area contributed by atoms with E-state index in [9.17, 15) is 4.79 Å². The van der Waals surface area contributed by atoms with Crippen molar-refractivity contribution in [3.63, 3.8) is 0 Å². The first kappa shape index (κ1) is 13.7. The van der Waals surface area contributed by atoms with Gasteiger partial charge in [-0.05, 0) is 31.5 Å². The van der Waals surface area contributed by atoms with E-state index in [0.29, 0.717) is 11.4 Å². The van der Waals surface area contributed by atoms with Crippen LogP contribution in [0.2, 0.25) is 0 Å². The Kier molecular flexibility index (Phi) is 4.27. The number of carbonyl (C=O) groups is 1. The van der Waals surface area contributed by atoms with E-state index in [1.807, 2.05) is 13.0 Å². The molecule has 1 aromatic rings. The smallest absolute Gasteiger partial charge is 0.228 e. The molecule has 19 heavy (non-hydrogen) atoms. The predicted molar refractivity (Wildman–Crippen MR) is 73.9 cm³/mol. The Balaban J connectivity index is 2.20. The van der Waals surface area contributed by atoms with Crippen LogP contribution in [-0.2, 0) is 4.79 Å². The van der Waals surface area contributed by atoms with Crippen LogP contribution >= 0.6 is 0 Å². The summed E-state index contributed by atoms with van der Waals surface area (Å²) in [5.41, 5.74) is 1.63. The maximum Gasteiger partial charge on any atom is 0.228 e. The molecule has 0 aromatic heterocycles. The van der Waals surface area contributed by atoms with Crippen molar-refractivity contribution in [3.05, 3.63) is 17.7 Å². The zero-order valence-electron chi connectivity index (χ0n) is 11.6. The molecule has 2 rings (SSSR count).